The Hall–Kier alpha value is -0.900. The molecule has 0 amide bonds. The summed E-state index contributed by atoms with van der Waals surface area (Å²) in [6.45, 7) is 0.426. The summed E-state index contributed by atoms with van der Waals surface area (Å²) in [6.07, 6.45) is 0. The highest BCUT2D eigenvalue weighted by Gasteiger charge is 2.06. The van der Waals surface area contributed by atoms with Crippen LogP contribution in [0.15, 0.2) is 40.9 Å². The van der Waals surface area contributed by atoms with E-state index in [0.29, 0.717) is 28.1 Å². The molecule has 0 atom stereocenters. The van der Waals surface area contributed by atoms with E-state index in [1.807, 2.05) is 24.3 Å². The van der Waals surface area contributed by atoms with Gasteiger partial charge in [-0.3, -0.25) is 0 Å². The number of halogens is 3. The second kappa shape index (κ2) is 5.83. The van der Waals surface area contributed by atoms with Crippen LogP contribution >= 0.6 is 39.1 Å². The topological polar surface area (TPSA) is 35.2 Å². The fourth-order valence-electron chi connectivity index (χ4n) is 1.41. The molecule has 0 spiro atoms. The lowest BCUT2D eigenvalue weighted by molar-refractivity contribution is 0.308. The van der Waals surface area contributed by atoms with Gasteiger partial charge in [-0.1, -0.05) is 51.3 Å². The molecule has 2 rings (SSSR count). The monoisotopic (exact) mass is 345 g/mol. The molecule has 94 valence electrons. The third-order valence-corrected chi connectivity index (χ3v) is 3.61. The summed E-state index contributed by atoms with van der Waals surface area (Å²) in [5.41, 5.74) is 7.32. The van der Waals surface area contributed by atoms with Crippen LogP contribution in [-0.2, 0) is 6.61 Å². The fourth-order valence-corrected chi connectivity index (χ4v) is 2.00. The molecule has 0 unspecified atom stereocenters. The van der Waals surface area contributed by atoms with Crippen molar-refractivity contribution in [1.29, 1.82) is 0 Å². The van der Waals surface area contributed by atoms with Crippen LogP contribution < -0.4 is 10.5 Å². The third-order valence-electron chi connectivity index (χ3n) is 2.36. The maximum absolute atomic E-state index is 5.91. The zero-order valence-electron chi connectivity index (χ0n) is 9.29. The maximum atomic E-state index is 5.91. The fraction of sp³-hybridized carbons (Fsp3) is 0.0769. The van der Waals surface area contributed by atoms with Crippen LogP contribution in [0.4, 0.5) is 5.69 Å². The predicted molar refractivity (Wildman–Crippen MR) is 79.3 cm³/mol. The van der Waals surface area contributed by atoms with Crippen molar-refractivity contribution in [2.24, 2.45) is 0 Å². The SMILES string of the molecule is Nc1cc(Cl)c(Cl)cc1OCc1ccc(Br)cc1. The molecular weight excluding hydrogens is 337 g/mol. The normalized spacial score (nSPS) is 10.4. The van der Waals surface area contributed by atoms with E-state index in [1.54, 1.807) is 12.1 Å². The lowest BCUT2D eigenvalue weighted by Crippen LogP contribution is -1.98. The minimum absolute atomic E-state index is 0.421. The lowest BCUT2D eigenvalue weighted by atomic mass is 10.2. The Morgan fingerprint density at radius 1 is 1.06 bits per heavy atom. The van der Waals surface area contributed by atoms with E-state index in [4.69, 9.17) is 33.7 Å². The van der Waals surface area contributed by atoms with Crippen LogP contribution in [0.5, 0.6) is 5.75 Å². The molecule has 0 aliphatic rings. The summed E-state index contributed by atoms with van der Waals surface area (Å²) in [6, 6.07) is 11.1. The molecule has 0 aliphatic heterocycles. The standard InChI is InChI=1S/C13H10BrCl2NO/c14-9-3-1-8(2-4-9)7-18-13-6-11(16)10(15)5-12(13)17/h1-6H,7,17H2. The number of ether oxygens (including phenoxy) is 1. The molecule has 0 aromatic heterocycles. The number of nitrogens with two attached hydrogens (primary N) is 1. The van der Waals surface area contributed by atoms with Crippen molar-refractivity contribution in [3.63, 3.8) is 0 Å². The summed E-state index contributed by atoms with van der Waals surface area (Å²) in [5, 5.41) is 0.849. The Morgan fingerprint density at radius 3 is 2.33 bits per heavy atom. The number of hydrogen-bond acceptors (Lipinski definition) is 2. The molecule has 2 aromatic carbocycles. The summed E-state index contributed by atoms with van der Waals surface area (Å²) in [5.74, 6) is 0.535. The minimum Gasteiger partial charge on any atom is -0.487 e. The van der Waals surface area contributed by atoms with Gasteiger partial charge < -0.3 is 10.5 Å². The number of rotatable bonds is 3. The summed E-state index contributed by atoms with van der Waals surface area (Å²) in [7, 11) is 0. The molecule has 0 saturated carbocycles. The van der Waals surface area contributed by atoms with Crippen LogP contribution in [0.1, 0.15) is 5.56 Å². The lowest BCUT2D eigenvalue weighted by Gasteiger charge is -2.10. The second-order valence-corrected chi connectivity index (χ2v) is 5.45. The van der Waals surface area contributed by atoms with Crippen LogP contribution in [0, 0.1) is 0 Å². The van der Waals surface area contributed by atoms with Gasteiger partial charge in [0, 0.05) is 10.5 Å². The molecule has 0 heterocycles. The van der Waals surface area contributed by atoms with E-state index in [0.717, 1.165) is 10.0 Å². The van der Waals surface area contributed by atoms with E-state index in [1.165, 1.54) is 0 Å². The first-order chi connectivity index (χ1) is 8.56. The zero-order valence-corrected chi connectivity index (χ0v) is 12.4. The highest BCUT2D eigenvalue weighted by Crippen LogP contribution is 2.32. The van der Waals surface area contributed by atoms with Gasteiger partial charge in [-0.25, -0.2) is 0 Å². The van der Waals surface area contributed by atoms with Crippen LogP contribution in [0.25, 0.3) is 0 Å². The smallest absolute Gasteiger partial charge is 0.144 e. The van der Waals surface area contributed by atoms with E-state index in [2.05, 4.69) is 15.9 Å². The number of hydrogen-bond donors (Lipinski definition) is 1. The molecule has 2 nitrogen and oxygen atoms in total. The number of nitrogen functional groups attached to an aromatic ring is 1. The van der Waals surface area contributed by atoms with Crippen molar-refractivity contribution in [2.75, 3.05) is 5.73 Å². The van der Waals surface area contributed by atoms with Crippen molar-refractivity contribution < 1.29 is 4.74 Å². The average molecular weight is 347 g/mol. The van der Waals surface area contributed by atoms with Gasteiger partial charge in [-0.15, -0.1) is 0 Å². The molecule has 0 radical (unpaired) electrons. The Bertz CT molecular complexity index is 558. The molecule has 18 heavy (non-hydrogen) atoms. The van der Waals surface area contributed by atoms with E-state index in [9.17, 15) is 0 Å². The first-order valence-corrected chi connectivity index (χ1v) is 6.73. The average Bonchev–Trinajstić information content (AvgIpc) is 2.34. The van der Waals surface area contributed by atoms with Crippen molar-refractivity contribution in [3.05, 3.63) is 56.5 Å². The third kappa shape index (κ3) is 3.31. The summed E-state index contributed by atoms with van der Waals surface area (Å²) < 4.78 is 6.64. The first-order valence-electron chi connectivity index (χ1n) is 5.18. The Labute approximate surface area is 124 Å². The van der Waals surface area contributed by atoms with E-state index in [-0.39, 0.29) is 0 Å². The first kappa shape index (κ1) is 13.5. The largest absolute Gasteiger partial charge is 0.487 e. The molecule has 0 aliphatic carbocycles. The van der Waals surface area contributed by atoms with Gasteiger partial charge in [0.05, 0.1) is 15.7 Å². The molecule has 2 N–H and O–H groups in total. The maximum Gasteiger partial charge on any atom is 0.144 e. The summed E-state index contributed by atoms with van der Waals surface area (Å²) in [4.78, 5) is 0. The highest BCUT2D eigenvalue weighted by molar-refractivity contribution is 9.10. The summed E-state index contributed by atoms with van der Waals surface area (Å²) >= 11 is 15.1. The van der Waals surface area contributed by atoms with Crippen molar-refractivity contribution in [3.8, 4) is 5.75 Å². The number of benzene rings is 2. The molecular formula is C13H10BrCl2NO. The second-order valence-electron chi connectivity index (χ2n) is 3.72. The van der Waals surface area contributed by atoms with Crippen LogP contribution in [0.3, 0.4) is 0 Å². The molecule has 0 bridgehead atoms. The van der Waals surface area contributed by atoms with Gasteiger partial charge in [-0.2, -0.15) is 0 Å². The molecule has 0 saturated heterocycles. The van der Waals surface area contributed by atoms with Gasteiger partial charge in [0.15, 0.2) is 0 Å². The predicted octanol–water partition coefficient (Wildman–Crippen LogP) is 4.92. The minimum atomic E-state index is 0.421. The number of anilines is 1. The van der Waals surface area contributed by atoms with Gasteiger partial charge in [0.1, 0.15) is 12.4 Å². The quantitative estimate of drug-likeness (QED) is 0.801. The van der Waals surface area contributed by atoms with Gasteiger partial charge >= 0.3 is 0 Å². The van der Waals surface area contributed by atoms with Gasteiger partial charge in [0.2, 0.25) is 0 Å². The Balaban J connectivity index is 2.10. The van der Waals surface area contributed by atoms with Crippen molar-refractivity contribution >= 4 is 44.8 Å². The van der Waals surface area contributed by atoms with E-state index < -0.39 is 0 Å². The zero-order chi connectivity index (χ0) is 13.1. The Kier molecular flexibility index (Phi) is 4.38. The molecule has 5 heteroatoms. The molecule has 2 aromatic rings. The van der Waals surface area contributed by atoms with E-state index >= 15 is 0 Å². The van der Waals surface area contributed by atoms with Gasteiger partial charge in [-0.05, 0) is 23.8 Å². The Morgan fingerprint density at radius 2 is 1.67 bits per heavy atom. The molecule has 0 fully saturated rings. The van der Waals surface area contributed by atoms with Crippen molar-refractivity contribution in [1.82, 2.24) is 0 Å². The van der Waals surface area contributed by atoms with Crippen LogP contribution in [0.2, 0.25) is 10.0 Å². The van der Waals surface area contributed by atoms with Crippen molar-refractivity contribution in [2.45, 2.75) is 6.61 Å². The van der Waals surface area contributed by atoms with Gasteiger partial charge in [0.25, 0.3) is 0 Å². The highest BCUT2D eigenvalue weighted by atomic mass is 79.9. The van der Waals surface area contributed by atoms with Crippen LogP contribution in [-0.4, -0.2) is 0 Å².